The van der Waals surface area contributed by atoms with Crippen molar-refractivity contribution < 1.29 is 4.79 Å². The number of carbonyl (C=O) groups excluding carboxylic acids is 1. The van der Waals surface area contributed by atoms with E-state index >= 15 is 0 Å². The highest BCUT2D eigenvalue weighted by Crippen LogP contribution is 2.20. The lowest BCUT2D eigenvalue weighted by atomic mass is 9.96. The number of pyridine rings is 1. The van der Waals surface area contributed by atoms with Gasteiger partial charge in [-0.15, -0.1) is 10.2 Å². The Hall–Kier alpha value is -3.06. The van der Waals surface area contributed by atoms with E-state index in [2.05, 4.69) is 25.8 Å². The minimum absolute atomic E-state index is 0.106. The molecule has 7 heteroatoms. The molecular formula is C19H20N6O. The van der Waals surface area contributed by atoms with E-state index in [0.29, 0.717) is 12.1 Å². The average Bonchev–Trinajstić information content (AvgIpc) is 3.22. The van der Waals surface area contributed by atoms with E-state index in [1.54, 1.807) is 23.3 Å². The maximum absolute atomic E-state index is 12.6. The van der Waals surface area contributed by atoms with Crippen molar-refractivity contribution in [2.75, 3.05) is 6.54 Å². The third-order valence-corrected chi connectivity index (χ3v) is 4.72. The van der Waals surface area contributed by atoms with Crippen LogP contribution in [0, 0.1) is 6.92 Å². The number of nitrogens with zero attached hydrogens (tertiary/aromatic N) is 4. The Balaban J connectivity index is 1.52. The highest BCUT2D eigenvalue weighted by molar-refractivity contribution is 5.94. The van der Waals surface area contributed by atoms with Gasteiger partial charge in [-0.25, -0.2) is 0 Å². The molecule has 4 rings (SSSR count). The van der Waals surface area contributed by atoms with Crippen LogP contribution in [0.4, 0.5) is 0 Å². The number of aryl methyl sites for hydroxylation is 1. The van der Waals surface area contributed by atoms with Crippen LogP contribution in [0.1, 0.15) is 32.7 Å². The van der Waals surface area contributed by atoms with Gasteiger partial charge in [-0.05, 0) is 54.8 Å². The lowest BCUT2D eigenvalue weighted by Gasteiger charge is -2.21. The predicted molar refractivity (Wildman–Crippen MR) is 96.9 cm³/mol. The zero-order valence-electron chi connectivity index (χ0n) is 14.6. The summed E-state index contributed by atoms with van der Waals surface area (Å²) in [6.07, 6.45) is 6.12. The Bertz CT molecular complexity index is 935. The van der Waals surface area contributed by atoms with E-state index in [0.717, 1.165) is 36.5 Å². The fourth-order valence-electron chi connectivity index (χ4n) is 3.29. The Morgan fingerprint density at radius 2 is 2.15 bits per heavy atom. The highest BCUT2D eigenvalue weighted by Gasteiger charge is 2.16. The minimum atomic E-state index is -0.106. The normalized spacial score (nSPS) is 13.3. The molecule has 0 atom stereocenters. The Labute approximate surface area is 151 Å². The zero-order valence-corrected chi connectivity index (χ0v) is 14.6. The summed E-state index contributed by atoms with van der Waals surface area (Å²) >= 11 is 0. The molecule has 0 saturated carbocycles. The molecule has 1 amide bonds. The molecule has 3 aromatic rings. The number of nitrogens with one attached hydrogen (secondary N) is 2. The van der Waals surface area contributed by atoms with Gasteiger partial charge in [-0.1, -0.05) is 6.07 Å². The predicted octanol–water partition coefficient (Wildman–Crippen LogP) is 1.55. The van der Waals surface area contributed by atoms with Gasteiger partial charge in [0.15, 0.2) is 0 Å². The number of aromatic nitrogens is 4. The van der Waals surface area contributed by atoms with Crippen molar-refractivity contribution in [1.82, 2.24) is 30.4 Å². The van der Waals surface area contributed by atoms with Gasteiger partial charge in [-0.2, -0.15) is 0 Å². The quantitative estimate of drug-likeness (QED) is 0.747. The molecule has 1 aromatic carbocycles. The second-order valence-electron chi connectivity index (χ2n) is 6.35. The van der Waals surface area contributed by atoms with Crippen molar-refractivity contribution in [3.05, 3.63) is 71.1 Å². The van der Waals surface area contributed by atoms with Crippen molar-refractivity contribution >= 4 is 5.91 Å². The van der Waals surface area contributed by atoms with Gasteiger partial charge in [0.2, 0.25) is 0 Å². The van der Waals surface area contributed by atoms with Gasteiger partial charge in [0, 0.05) is 36.2 Å². The molecule has 0 unspecified atom stereocenters. The van der Waals surface area contributed by atoms with Crippen molar-refractivity contribution in [3.8, 4) is 5.69 Å². The highest BCUT2D eigenvalue weighted by atomic mass is 16.1. The summed E-state index contributed by atoms with van der Waals surface area (Å²) in [5.41, 5.74) is 6.10. The van der Waals surface area contributed by atoms with Crippen LogP contribution in [0.2, 0.25) is 0 Å². The van der Waals surface area contributed by atoms with Crippen LogP contribution in [0.15, 0.2) is 43.1 Å². The van der Waals surface area contributed by atoms with Crippen LogP contribution in [0.25, 0.3) is 5.69 Å². The second kappa shape index (κ2) is 7.05. The van der Waals surface area contributed by atoms with Crippen LogP contribution < -0.4 is 10.6 Å². The summed E-state index contributed by atoms with van der Waals surface area (Å²) in [6, 6.07) is 7.40. The summed E-state index contributed by atoms with van der Waals surface area (Å²) < 4.78 is 1.77. The molecule has 1 aliphatic heterocycles. The van der Waals surface area contributed by atoms with Crippen LogP contribution in [0.5, 0.6) is 0 Å². The van der Waals surface area contributed by atoms with Crippen molar-refractivity contribution in [2.24, 2.45) is 0 Å². The Kier molecular flexibility index (Phi) is 4.45. The van der Waals surface area contributed by atoms with Gasteiger partial charge in [-0.3, -0.25) is 14.3 Å². The van der Waals surface area contributed by atoms with Gasteiger partial charge in [0.25, 0.3) is 5.91 Å². The monoisotopic (exact) mass is 348 g/mol. The molecule has 26 heavy (non-hydrogen) atoms. The fourth-order valence-corrected chi connectivity index (χ4v) is 3.29. The summed E-state index contributed by atoms with van der Waals surface area (Å²) in [5.74, 6) is -0.106. The van der Waals surface area contributed by atoms with E-state index < -0.39 is 0 Å². The van der Waals surface area contributed by atoms with Gasteiger partial charge < -0.3 is 10.6 Å². The molecule has 0 saturated heterocycles. The molecular weight excluding hydrogens is 328 g/mol. The molecule has 7 nitrogen and oxygen atoms in total. The molecule has 2 aromatic heterocycles. The average molecular weight is 348 g/mol. The molecule has 0 radical (unpaired) electrons. The molecule has 132 valence electrons. The first kappa shape index (κ1) is 16.4. The van der Waals surface area contributed by atoms with Crippen LogP contribution in [-0.4, -0.2) is 32.2 Å². The summed E-state index contributed by atoms with van der Waals surface area (Å²) in [7, 11) is 0. The van der Waals surface area contributed by atoms with Crippen molar-refractivity contribution in [3.63, 3.8) is 0 Å². The van der Waals surface area contributed by atoms with Gasteiger partial charge in [0.1, 0.15) is 12.7 Å². The number of benzene rings is 1. The molecule has 3 heterocycles. The van der Waals surface area contributed by atoms with E-state index in [4.69, 9.17) is 0 Å². The number of carbonyl (C=O) groups is 1. The van der Waals surface area contributed by atoms with Crippen LogP contribution >= 0.6 is 0 Å². The summed E-state index contributed by atoms with van der Waals surface area (Å²) in [5, 5.41) is 14.0. The standard InChI is InChI=1S/C19H20N6O/c1-13-18(17-5-6-20-8-15(17)9-21-13)10-22-19(26)14-3-2-4-16(7-14)25-11-23-24-12-25/h2-4,7,9,11-12,20H,5-6,8,10H2,1H3,(H,22,26). The lowest BCUT2D eigenvalue weighted by molar-refractivity contribution is 0.0950. The molecule has 0 bridgehead atoms. The third-order valence-electron chi connectivity index (χ3n) is 4.72. The first-order valence-electron chi connectivity index (χ1n) is 8.62. The number of hydrogen-bond acceptors (Lipinski definition) is 5. The molecule has 1 aliphatic rings. The Morgan fingerprint density at radius 1 is 1.31 bits per heavy atom. The largest absolute Gasteiger partial charge is 0.348 e. The van der Waals surface area contributed by atoms with Gasteiger partial charge >= 0.3 is 0 Å². The molecule has 0 spiro atoms. The number of rotatable bonds is 4. The lowest BCUT2D eigenvalue weighted by Crippen LogP contribution is -2.28. The topological polar surface area (TPSA) is 84.7 Å². The molecule has 0 fully saturated rings. The first-order valence-corrected chi connectivity index (χ1v) is 8.62. The number of fused-ring (bicyclic) bond motifs is 1. The van der Waals surface area contributed by atoms with Crippen LogP contribution in [-0.2, 0) is 19.5 Å². The molecule has 0 aliphatic carbocycles. The third kappa shape index (κ3) is 3.21. The van der Waals surface area contributed by atoms with E-state index in [-0.39, 0.29) is 5.91 Å². The summed E-state index contributed by atoms with van der Waals surface area (Å²) in [4.78, 5) is 17.1. The van der Waals surface area contributed by atoms with Gasteiger partial charge in [0.05, 0.1) is 0 Å². The SMILES string of the molecule is Cc1ncc2c(c1CNC(=O)c1cccc(-n3cnnc3)c1)CCNC2. The van der Waals surface area contributed by atoms with Crippen molar-refractivity contribution in [2.45, 2.75) is 26.4 Å². The van der Waals surface area contributed by atoms with Crippen LogP contribution in [0.3, 0.4) is 0 Å². The maximum atomic E-state index is 12.6. The zero-order chi connectivity index (χ0) is 17.9. The molecule has 2 N–H and O–H groups in total. The number of amides is 1. The van der Waals surface area contributed by atoms with E-state index in [1.807, 2.05) is 31.3 Å². The smallest absolute Gasteiger partial charge is 0.251 e. The first-order chi connectivity index (χ1) is 12.7. The maximum Gasteiger partial charge on any atom is 0.251 e. The van der Waals surface area contributed by atoms with E-state index in [1.165, 1.54) is 11.1 Å². The number of hydrogen-bond donors (Lipinski definition) is 2. The second-order valence-corrected chi connectivity index (χ2v) is 6.35. The summed E-state index contributed by atoms with van der Waals surface area (Å²) in [6.45, 7) is 4.27. The van der Waals surface area contributed by atoms with E-state index in [9.17, 15) is 4.79 Å². The van der Waals surface area contributed by atoms with Crippen molar-refractivity contribution in [1.29, 1.82) is 0 Å². The Morgan fingerprint density at radius 3 is 3.00 bits per heavy atom. The minimum Gasteiger partial charge on any atom is -0.348 e. The fraction of sp³-hybridized carbons (Fsp3) is 0.263.